The molecule has 1 fully saturated rings. The van der Waals surface area contributed by atoms with E-state index in [1.54, 1.807) is 24.3 Å². The number of oxime groups is 1. The number of amides is 2. The maximum atomic E-state index is 12.9. The number of anilines is 1. The number of nitrogens with zero attached hydrogens (tertiary/aromatic N) is 2. The summed E-state index contributed by atoms with van der Waals surface area (Å²) in [5, 5.41) is 3.97. The quantitative estimate of drug-likeness (QED) is 0.573. The van der Waals surface area contributed by atoms with Crippen molar-refractivity contribution in [2.24, 2.45) is 11.1 Å². The van der Waals surface area contributed by atoms with Gasteiger partial charge in [-0.2, -0.15) is 0 Å². The second kappa shape index (κ2) is 6.17. The van der Waals surface area contributed by atoms with Crippen LogP contribution in [0.3, 0.4) is 0 Å². The van der Waals surface area contributed by atoms with Gasteiger partial charge in [0.05, 0.1) is 5.69 Å². The summed E-state index contributed by atoms with van der Waals surface area (Å²) >= 11 is 3.36. The number of halogens is 1. The summed E-state index contributed by atoms with van der Waals surface area (Å²) < 4.78 is 0.901. The highest BCUT2D eigenvalue weighted by atomic mass is 79.9. The normalized spacial score (nSPS) is 21.5. The molecule has 0 aliphatic carbocycles. The number of imide groups is 1. The number of fused-ring (bicyclic) bond motifs is 1. The first-order valence-corrected chi connectivity index (χ1v) is 8.75. The summed E-state index contributed by atoms with van der Waals surface area (Å²) in [5.41, 5.74) is 2.11. The second-order valence-corrected chi connectivity index (χ2v) is 7.02. The fourth-order valence-corrected chi connectivity index (χ4v) is 3.40. The van der Waals surface area contributed by atoms with Gasteiger partial charge in [-0.3, -0.25) is 14.4 Å². The number of benzene rings is 2. The minimum atomic E-state index is -0.950. The van der Waals surface area contributed by atoms with Gasteiger partial charge in [-0.05, 0) is 43.3 Å². The van der Waals surface area contributed by atoms with Gasteiger partial charge in [0.15, 0.2) is 5.78 Å². The fourth-order valence-electron chi connectivity index (χ4n) is 3.14. The molecule has 4 rings (SSSR count). The average Bonchev–Trinajstić information content (AvgIpc) is 3.17. The number of hydrogen-bond donors (Lipinski definition) is 0. The lowest BCUT2D eigenvalue weighted by molar-refractivity contribution is -0.126. The third-order valence-corrected chi connectivity index (χ3v) is 5.01. The fraction of sp³-hybridized carbons (Fsp3) is 0.158. The van der Waals surface area contributed by atoms with Crippen LogP contribution in [0, 0.1) is 5.92 Å². The molecule has 2 aromatic carbocycles. The van der Waals surface area contributed by atoms with Crippen molar-refractivity contribution in [3.05, 3.63) is 64.1 Å². The molecule has 6 nitrogen and oxygen atoms in total. The summed E-state index contributed by atoms with van der Waals surface area (Å²) in [4.78, 5) is 43.4. The Balaban J connectivity index is 1.66. The predicted molar refractivity (Wildman–Crippen MR) is 98.0 cm³/mol. The van der Waals surface area contributed by atoms with Gasteiger partial charge in [0.2, 0.25) is 12.0 Å². The molecule has 0 N–H and O–H groups in total. The van der Waals surface area contributed by atoms with E-state index in [1.807, 2.05) is 24.3 Å². The van der Waals surface area contributed by atoms with Crippen molar-refractivity contribution in [2.45, 2.75) is 13.0 Å². The molecule has 26 heavy (non-hydrogen) atoms. The summed E-state index contributed by atoms with van der Waals surface area (Å²) in [5.74, 6) is -1.68. The van der Waals surface area contributed by atoms with Crippen LogP contribution in [0.5, 0.6) is 0 Å². The molecule has 2 heterocycles. The first kappa shape index (κ1) is 16.7. The molecule has 0 radical (unpaired) electrons. The molecule has 130 valence electrons. The Kier molecular flexibility index (Phi) is 3.96. The molecule has 0 spiro atoms. The molecule has 0 unspecified atom stereocenters. The van der Waals surface area contributed by atoms with Crippen LogP contribution in [-0.4, -0.2) is 29.4 Å². The number of carbonyl (C=O) groups excluding carboxylic acids is 3. The minimum Gasteiger partial charge on any atom is -0.381 e. The van der Waals surface area contributed by atoms with E-state index < -0.39 is 17.9 Å². The third kappa shape index (κ3) is 2.55. The molecule has 2 aliphatic heterocycles. The Bertz CT molecular complexity index is 951. The largest absolute Gasteiger partial charge is 0.381 e. The van der Waals surface area contributed by atoms with Gasteiger partial charge >= 0.3 is 0 Å². The number of hydrogen-bond acceptors (Lipinski definition) is 5. The van der Waals surface area contributed by atoms with Crippen LogP contribution in [0.4, 0.5) is 5.69 Å². The molecule has 2 amide bonds. The Morgan fingerprint density at radius 2 is 1.69 bits per heavy atom. The lowest BCUT2D eigenvalue weighted by Gasteiger charge is -2.15. The zero-order chi connectivity index (χ0) is 18.4. The maximum Gasteiger partial charge on any atom is 0.278 e. The number of ketones is 1. The van der Waals surface area contributed by atoms with Crippen LogP contribution < -0.4 is 4.90 Å². The van der Waals surface area contributed by atoms with Crippen molar-refractivity contribution in [1.29, 1.82) is 0 Å². The monoisotopic (exact) mass is 412 g/mol. The average molecular weight is 413 g/mol. The minimum absolute atomic E-state index is 0.0829. The summed E-state index contributed by atoms with van der Waals surface area (Å²) in [6.07, 6.45) is -0.950. The highest BCUT2D eigenvalue weighted by Crippen LogP contribution is 2.35. The molecule has 0 saturated carbocycles. The first-order chi connectivity index (χ1) is 12.5. The topological polar surface area (TPSA) is 76.0 Å². The highest BCUT2D eigenvalue weighted by molar-refractivity contribution is 9.10. The lowest BCUT2D eigenvalue weighted by atomic mass is 9.94. The molecule has 1 saturated heterocycles. The number of rotatable bonds is 3. The van der Waals surface area contributed by atoms with Crippen molar-refractivity contribution in [3.63, 3.8) is 0 Å². The van der Waals surface area contributed by atoms with Crippen molar-refractivity contribution in [1.82, 2.24) is 0 Å². The standard InChI is InChI=1S/C19H13BrN2O4/c1-10(23)11-4-8-14(9-5-11)22-18(24)15-16(21-26-17(15)19(22)25)12-2-6-13(20)7-3-12/h2-9,15,17H,1H3/t15-,17+/m0/s1. The zero-order valence-corrected chi connectivity index (χ0v) is 15.3. The number of carbonyl (C=O) groups is 3. The molecule has 2 aromatic rings. The second-order valence-electron chi connectivity index (χ2n) is 6.10. The van der Waals surface area contributed by atoms with Crippen LogP contribution in [0.25, 0.3) is 0 Å². The molecule has 0 bridgehead atoms. The van der Waals surface area contributed by atoms with E-state index in [9.17, 15) is 14.4 Å². The Morgan fingerprint density at radius 3 is 2.31 bits per heavy atom. The van der Waals surface area contributed by atoms with E-state index in [4.69, 9.17) is 4.84 Å². The molecule has 0 aromatic heterocycles. The Labute approximate surface area is 157 Å². The van der Waals surface area contributed by atoms with E-state index in [0.29, 0.717) is 17.0 Å². The van der Waals surface area contributed by atoms with Crippen molar-refractivity contribution in [2.75, 3.05) is 4.90 Å². The predicted octanol–water partition coefficient (Wildman–Crippen LogP) is 2.94. The van der Waals surface area contributed by atoms with E-state index in [1.165, 1.54) is 6.92 Å². The summed E-state index contributed by atoms with van der Waals surface area (Å²) in [7, 11) is 0. The Hall–Kier alpha value is -2.80. The van der Waals surface area contributed by atoms with Gasteiger partial charge in [0.25, 0.3) is 5.91 Å². The van der Waals surface area contributed by atoms with Crippen LogP contribution in [-0.2, 0) is 14.4 Å². The summed E-state index contributed by atoms with van der Waals surface area (Å²) in [6, 6.07) is 13.7. The van der Waals surface area contributed by atoms with Gasteiger partial charge in [0, 0.05) is 15.6 Å². The van der Waals surface area contributed by atoms with Crippen molar-refractivity contribution >= 4 is 44.9 Å². The lowest BCUT2D eigenvalue weighted by Crippen LogP contribution is -2.33. The smallest absolute Gasteiger partial charge is 0.278 e. The van der Waals surface area contributed by atoms with Gasteiger partial charge in [-0.25, -0.2) is 4.90 Å². The van der Waals surface area contributed by atoms with Crippen LogP contribution in [0.15, 0.2) is 58.2 Å². The van der Waals surface area contributed by atoms with Gasteiger partial charge in [-0.1, -0.05) is 33.2 Å². The maximum absolute atomic E-state index is 12.9. The van der Waals surface area contributed by atoms with E-state index >= 15 is 0 Å². The Morgan fingerprint density at radius 1 is 1.04 bits per heavy atom. The van der Waals surface area contributed by atoms with Gasteiger partial charge < -0.3 is 4.84 Å². The highest BCUT2D eigenvalue weighted by Gasteiger charge is 2.56. The number of Topliss-reactive ketones (excluding diaryl/α,β-unsaturated/α-hetero) is 1. The van der Waals surface area contributed by atoms with Crippen LogP contribution >= 0.6 is 15.9 Å². The van der Waals surface area contributed by atoms with E-state index in [2.05, 4.69) is 21.1 Å². The first-order valence-electron chi connectivity index (χ1n) is 7.96. The van der Waals surface area contributed by atoms with Crippen LogP contribution in [0.2, 0.25) is 0 Å². The molecule has 7 heteroatoms. The van der Waals surface area contributed by atoms with Crippen molar-refractivity contribution < 1.29 is 19.2 Å². The van der Waals surface area contributed by atoms with Gasteiger partial charge in [0.1, 0.15) is 11.6 Å². The SMILES string of the molecule is CC(=O)c1ccc(N2C(=O)[C@H]3C(c4ccc(Br)cc4)=NO[C@H]3C2=O)cc1. The third-order valence-electron chi connectivity index (χ3n) is 4.48. The van der Waals surface area contributed by atoms with E-state index in [0.717, 1.165) is 14.9 Å². The van der Waals surface area contributed by atoms with Crippen molar-refractivity contribution in [3.8, 4) is 0 Å². The summed E-state index contributed by atoms with van der Waals surface area (Å²) in [6.45, 7) is 1.46. The zero-order valence-electron chi connectivity index (χ0n) is 13.7. The molecular weight excluding hydrogens is 400 g/mol. The van der Waals surface area contributed by atoms with Gasteiger partial charge in [-0.15, -0.1) is 0 Å². The molecule has 2 aliphatic rings. The molecular formula is C19H13BrN2O4. The van der Waals surface area contributed by atoms with E-state index in [-0.39, 0.29) is 11.7 Å². The molecule has 2 atom stereocenters. The van der Waals surface area contributed by atoms with Crippen LogP contribution in [0.1, 0.15) is 22.8 Å².